The topological polar surface area (TPSA) is 43.4 Å². The monoisotopic (exact) mass is 272 g/mol. The lowest BCUT2D eigenvalue weighted by Gasteiger charge is -2.31. The van der Waals surface area contributed by atoms with Gasteiger partial charge in [-0.15, -0.1) is 0 Å². The van der Waals surface area contributed by atoms with Crippen LogP contribution in [0, 0.1) is 16.7 Å². The number of ketones is 1. The molecule has 2 bridgehead atoms. The Morgan fingerprint density at radius 1 is 1.20 bits per heavy atom. The van der Waals surface area contributed by atoms with Crippen LogP contribution in [-0.2, 0) is 9.53 Å². The number of hydrogen-bond donors (Lipinski definition) is 0. The number of carbonyl (C=O) groups is 2. The smallest absolute Gasteiger partial charge is 0.338 e. The quantitative estimate of drug-likeness (QED) is 0.776. The molecule has 106 valence electrons. The summed E-state index contributed by atoms with van der Waals surface area (Å²) < 4.78 is 5.69. The lowest BCUT2D eigenvalue weighted by molar-refractivity contribution is -0.129. The van der Waals surface area contributed by atoms with Crippen LogP contribution in [0.3, 0.4) is 0 Å². The number of rotatable bonds is 2. The standard InChI is InChI=1S/C17H20O3/c1-16(2)12-9-14(18)17(16,3)10-13(12)20-15(19)11-7-5-4-6-8-11/h4-8,12-13H,9-10H2,1-3H3/t12-,13+,17-/m0/s1. The molecule has 0 aliphatic heterocycles. The first-order chi connectivity index (χ1) is 9.36. The minimum absolute atomic E-state index is 0.0915. The van der Waals surface area contributed by atoms with E-state index < -0.39 is 0 Å². The van der Waals surface area contributed by atoms with E-state index in [0.29, 0.717) is 24.2 Å². The van der Waals surface area contributed by atoms with E-state index in [2.05, 4.69) is 13.8 Å². The normalized spacial score (nSPS) is 34.2. The number of ether oxygens (including phenoxy) is 1. The molecular weight excluding hydrogens is 252 g/mol. The minimum atomic E-state index is -0.348. The Morgan fingerprint density at radius 3 is 2.35 bits per heavy atom. The van der Waals surface area contributed by atoms with E-state index in [1.165, 1.54) is 0 Å². The zero-order chi connectivity index (χ0) is 14.5. The average molecular weight is 272 g/mol. The number of benzene rings is 1. The van der Waals surface area contributed by atoms with Gasteiger partial charge in [0, 0.05) is 17.8 Å². The lowest BCUT2D eigenvalue weighted by Crippen LogP contribution is -2.33. The summed E-state index contributed by atoms with van der Waals surface area (Å²) in [6, 6.07) is 9.04. The third-order valence-electron chi connectivity index (χ3n) is 5.70. The number of fused-ring (bicyclic) bond motifs is 2. The van der Waals surface area contributed by atoms with E-state index in [1.807, 2.05) is 25.1 Å². The van der Waals surface area contributed by atoms with Crippen LogP contribution in [0.4, 0.5) is 0 Å². The van der Waals surface area contributed by atoms with E-state index >= 15 is 0 Å². The molecule has 3 heteroatoms. The van der Waals surface area contributed by atoms with E-state index in [4.69, 9.17) is 4.74 Å². The maximum absolute atomic E-state index is 12.2. The fraction of sp³-hybridized carbons (Fsp3) is 0.529. The summed E-state index contributed by atoms with van der Waals surface area (Å²) >= 11 is 0. The van der Waals surface area contributed by atoms with Crippen molar-refractivity contribution in [2.45, 2.75) is 39.7 Å². The third-order valence-corrected chi connectivity index (χ3v) is 5.70. The largest absolute Gasteiger partial charge is 0.458 e. The average Bonchev–Trinajstić information content (AvgIpc) is 2.70. The van der Waals surface area contributed by atoms with E-state index in [9.17, 15) is 9.59 Å². The van der Waals surface area contributed by atoms with Gasteiger partial charge < -0.3 is 4.74 Å². The predicted molar refractivity (Wildman–Crippen MR) is 75.3 cm³/mol. The zero-order valence-electron chi connectivity index (χ0n) is 12.2. The first kappa shape index (κ1) is 13.3. The van der Waals surface area contributed by atoms with Gasteiger partial charge in [-0.1, -0.05) is 39.0 Å². The molecule has 2 aliphatic carbocycles. The van der Waals surface area contributed by atoms with Crippen molar-refractivity contribution < 1.29 is 14.3 Å². The highest BCUT2D eigenvalue weighted by Crippen LogP contribution is 2.64. The van der Waals surface area contributed by atoms with Crippen LogP contribution in [0.15, 0.2) is 30.3 Å². The van der Waals surface area contributed by atoms with Crippen molar-refractivity contribution in [3.63, 3.8) is 0 Å². The Hall–Kier alpha value is -1.64. The summed E-state index contributed by atoms with van der Waals surface area (Å²) in [6.45, 7) is 6.27. The fourth-order valence-corrected chi connectivity index (χ4v) is 3.87. The van der Waals surface area contributed by atoms with Gasteiger partial charge in [0.25, 0.3) is 0 Å². The van der Waals surface area contributed by atoms with Crippen LogP contribution in [0.25, 0.3) is 0 Å². The van der Waals surface area contributed by atoms with Crippen molar-refractivity contribution in [2.24, 2.45) is 16.7 Å². The van der Waals surface area contributed by atoms with Gasteiger partial charge in [0.05, 0.1) is 5.56 Å². The predicted octanol–water partition coefficient (Wildman–Crippen LogP) is 3.24. The molecule has 0 N–H and O–H groups in total. The molecule has 20 heavy (non-hydrogen) atoms. The molecule has 2 aliphatic rings. The molecule has 0 heterocycles. The summed E-state index contributed by atoms with van der Waals surface area (Å²) in [7, 11) is 0. The molecule has 1 aromatic rings. The summed E-state index contributed by atoms with van der Waals surface area (Å²) in [5.41, 5.74) is 0.134. The molecule has 0 radical (unpaired) electrons. The van der Waals surface area contributed by atoms with Crippen molar-refractivity contribution >= 4 is 11.8 Å². The van der Waals surface area contributed by atoms with Crippen molar-refractivity contribution in [1.82, 2.24) is 0 Å². The van der Waals surface area contributed by atoms with Crippen molar-refractivity contribution in [3.8, 4) is 0 Å². The van der Waals surface area contributed by atoms with Crippen LogP contribution >= 0.6 is 0 Å². The summed E-state index contributed by atoms with van der Waals surface area (Å²) in [5, 5.41) is 0. The van der Waals surface area contributed by atoms with Crippen LogP contribution in [0.5, 0.6) is 0 Å². The van der Waals surface area contributed by atoms with Crippen molar-refractivity contribution in [3.05, 3.63) is 35.9 Å². The van der Waals surface area contributed by atoms with E-state index in [0.717, 1.165) is 0 Å². The molecule has 2 fully saturated rings. The van der Waals surface area contributed by atoms with E-state index in [-0.39, 0.29) is 28.8 Å². The maximum atomic E-state index is 12.2. The van der Waals surface area contributed by atoms with Gasteiger partial charge >= 0.3 is 5.97 Å². The zero-order valence-corrected chi connectivity index (χ0v) is 12.2. The molecule has 2 saturated carbocycles. The van der Waals surface area contributed by atoms with Crippen LogP contribution in [-0.4, -0.2) is 17.9 Å². The van der Waals surface area contributed by atoms with Crippen LogP contribution in [0.2, 0.25) is 0 Å². The first-order valence-corrected chi connectivity index (χ1v) is 7.15. The molecule has 3 nitrogen and oxygen atoms in total. The number of esters is 1. The molecule has 0 saturated heterocycles. The van der Waals surface area contributed by atoms with Gasteiger partial charge in [-0.05, 0) is 24.0 Å². The highest BCUT2D eigenvalue weighted by Gasteiger charge is 2.66. The Balaban J connectivity index is 1.79. The number of hydrogen-bond acceptors (Lipinski definition) is 3. The second-order valence-electron chi connectivity index (χ2n) is 6.80. The number of Topliss-reactive ketones (excluding diaryl/α,β-unsaturated/α-hetero) is 1. The highest BCUT2D eigenvalue weighted by molar-refractivity contribution is 5.91. The van der Waals surface area contributed by atoms with E-state index in [1.54, 1.807) is 12.1 Å². The van der Waals surface area contributed by atoms with Crippen LogP contribution in [0.1, 0.15) is 44.0 Å². The molecule has 0 unspecified atom stereocenters. The van der Waals surface area contributed by atoms with Crippen LogP contribution < -0.4 is 0 Å². The molecular formula is C17H20O3. The van der Waals surface area contributed by atoms with Gasteiger partial charge in [-0.25, -0.2) is 4.79 Å². The van der Waals surface area contributed by atoms with Crippen molar-refractivity contribution in [2.75, 3.05) is 0 Å². The Morgan fingerprint density at radius 2 is 1.85 bits per heavy atom. The van der Waals surface area contributed by atoms with Gasteiger partial charge in [-0.2, -0.15) is 0 Å². The Bertz CT molecular complexity index is 561. The minimum Gasteiger partial charge on any atom is -0.458 e. The SMILES string of the molecule is CC1(C)[C@H]2CC(=O)[C@]1(C)C[C@H]2OC(=O)c1ccccc1. The summed E-state index contributed by atoms with van der Waals surface area (Å²) in [4.78, 5) is 24.3. The second-order valence-corrected chi connectivity index (χ2v) is 6.80. The Labute approximate surface area is 119 Å². The van der Waals surface area contributed by atoms with Gasteiger partial charge in [-0.3, -0.25) is 4.79 Å². The second kappa shape index (κ2) is 4.18. The molecule has 3 rings (SSSR count). The maximum Gasteiger partial charge on any atom is 0.338 e. The fourth-order valence-electron chi connectivity index (χ4n) is 3.87. The molecule has 1 aromatic carbocycles. The van der Waals surface area contributed by atoms with Gasteiger partial charge in [0.15, 0.2) is 0 Å². The van der Waals surface area contributed by atoms with Gasteiger partial charge in [0.2, 0.25) is 0 Å². The van der Waals surface area contributed by atoms with Crippen molar-refractivity contribution in [1.29, 1.82) is 0 Å². The Kier molecular flexibility index (Phi) is 2.79. The van der Waals surface area contributed by atoms with Gasteiger partial charge in [0.1, 0.15) is 11.9 Å². The molecule has 0 aromatic heterocycles. The molecule has 3 atom stereocenters. The lowest BCUT2D eigenvalue weighted by atomic mass is 9.70. The third kappa shape index (κ3) is 1.65. The molecule has 0 spiro atoms. The summed E-state index contributed by atoms with van der Waals surface area (Å²) in [5.74, 6) is 0.183. The number of carbonyl (C=O) groups excluding carboxylic acids is 2. The highest BCUT2D eigenvalue weighted by atomic mass is 16.5. The first-order valence-electron chi connectivity index (χ1n) is 7.15. The summed E-state index contributed by atoms with van der Waals surface area (Å²) in [6.07, 6.45) is 1.05. The molecule has 0 amide bonds.